The van der Waals surface area contributed by atoms with Crippen molar-refractivity contribution in [1.82, 2.24) is 0 Å². The molecule has 118 valence electrons. The highest BCUT2D eigenvalue weighted by atomic mass is 16.5. The second-order valence-corrected chi connectivity index (χ2v) is 5.87. The van der Waals surface area contributed by atoms with Crippen molar-refractivity contribution in [3.63, 3.8) is 0 Å². The average Bonchev–Trinajstić information content (AvgIpc) is 2.54. The van der Waals surface area contributed by atoms with Crippen molar-refractivity contribution in [3.05, 3.63) is 65.2 Å². The van der Waals surface area contributed by atoms with Crippen LogP contribution in [0.25, 0.3) is 0 Å². The quantitative estimate of drug-likeness (QED) is 0.861. The van der Waals surface area contributed by atoms with Crippen molar-refractivity contribution in [2.24, 2.45) is 11.7 Å². The zero-order valence-electron chi connectivity index (χ0n) is 13.5. The van der Waals surface area contributed by atoms with E-state index in [0.29, 0.717) is 0 Å². The molecule has 0 spiro atoms. The number of para-hydroxylation sites is 1. The van der Waals surface area contributed by atoms with Crippen molar-refractivity contribution in [2.45, 2.75) is 32.4 Å². The highest BCUT2D eigenvalue weighted by molar-refractivity contribution is 5.34. The summed E-state index contributed by atoms with van der Waals surface area (Å²) in [5.74, 6) is 0.998. The van der Waals surface area contributed by atoms with Crippen LogP contribution in [0.5, 0.6) is 5.75 Å². The van der Waals surface area contributed by atoms with Crippen molar-refractivity contribution in [1.29, 1.82) is 0 Å². The smallest absolute Gasteiger partial charge is 0.122 e. The lowest BCUT2D eigenvalue weighted by Gasteiger charge is -2.27. The summed E-state index contributed by atoms with van der Waals surface area (Å²) in [7, 11) is 1.67. The SMILES string of the molecule is COc1ccccc1CC(C)[C@@H](N)[C@H](O)c1ccccc1C. The number of rotatable bonds is 6. The Kier molecular flexibility index (Phi) is 5.58. The van der Waals surface area contributed by atoms with Gasteiger partial charge in [0.05, 0.1) is 13.2 Å². The minimum absolute atomic E-state index is 0.130. The summed E-state index contributed by atoms with van der Waals surface area (Å²) in [5, 5.41) is 10.6. The van der Waals surface area contributed by atoms with Gasteiger partial charge >= 0.3 is 0 Å². The average molecular weight is 299 g/mol. The summed E-state index contributed by atoms with van der Waals surface area (Å²) in [6.45, 7) is 4.06. The Bertz CT molecular complexity index is 612. The monoisotopic (exact) mass is 299 g/mol. The third-order valence-corrected chi connectivity index (χ3v) is 4.26. The molecule has 0 aliphatic rings. The predicted octanol–water partition coefficient (Wildman–Crippen LogP) is 3.24. The Hall–Kier alpha value is -1.84. The third kappa shape index (κ3) is 3.67. The lowest BCUT2D eigenvalue weighted by Crippen LogP contribution is -2.36. The van der Waals surface area contributed by atoms with E-state index in [-0.39, 0.29) is 12.0 Å². The molecule has 0 aliphatic carbocycles. The molecule has 0 aromatic heterocycles. The molecule has 0 radical (unpaired) electrons. The Morgan fingerprint density at radius 3 is 2.41 bits per heavy atom. The van der Waals surface area contributed by atoms with Gasteiger partial charge < -0.3 is 15.6 Å². The Morgan fingerprint density at radius 1 is 1.09 bits per heavy atom. The van der Waals surface area contributed by atoms with E-state index in [1.165, 1.54) is 0 Å². The maximum absolute atomic E-state index is 10.6. The molecule has 0 fully saturated rings. The second-order valence-electron chi connectivity index (χ2n) is 5.87. The first kappa shape index (κ1) is 16.5. The minimum Gasteiger partial charge on any atom is -0.496 e. The first-order valence-electron chi connectivity index (χ1n) is 7.65. The molecule has 0 saturated carbocycles. The van der Waals surface area contributed by atoms with Crippen LogP contribution in [0.4, 0.5) is 0 Å². The van der Waals surface area contributed by atoms with Gasteiger partial charge in [0.15, 0.2) is 0 Å². The van der Waals surface area contributed by atoms with Crippen LogP contribution in [0.1, 0.15) is 29.7 Å². The van der Waals surface area contributed by atoms with Gasteiger partial charge in [-0.1, -0.05) is 49.4 Å². The summed E-state index contributed by atoms with van der Waals surface area (Å²) < 4.78 is 5.39. The summed E-state index contributed by atoms with van der Waals surface area (Å²) in [5.41, 5.74) is 9.40. The van der Waals surface area contributed by atoms with Crippen LogP contribution in [-0.2, 0) is 6.42 Å². The minimum atomic E-state index is -0.661. The fourth-order valence-electron chi connectivity index (χ4n) is 2.79. The zero-order valence-corrected chi connectivity index (χ0v) is 13.5. The molecule has 3 atom stereocenters. The number of nitrogens with two attached hydrogens (primary N) is 1. The number of aryl methyl sites for hydroxylation is 1. The van der Waals surface area contributed by atoms with E-state index in [2.05, 4.69) is 6.92 Å². The predicted molar refractivity (Wildman–Crippen MR) is 90.0 cm³/mol. The molecule has 2 rings (SSSR count). The summed E-state index contributed by atoms with van der Waals surface area (Å²) in [6.07, 6.45) is 0.111. The number of benzene rings is 2. The van der Waals surface area contributed by atoms with Crippen molar-refractivity contribution >= 4 is 0 Å². The van der Waals surface area contributed by atoms with Crippen LogP contribution < -0.4 is 10.5 Å². The van der Waals surface area contributed by atoms with Gasteiger partial charge in [-0.05, 0) is 42.0 Å². The fourth-order valence-corrected chi connectivity index (χ4v) is 2.79. The largest absolute Gasteiger partial charge is 0.496 e. The first-order chi connectivity index (χ1) is 10.5. The Labute approximate surface area is 132 Å². The molecular formula is C19H25NO2. The van der Waals surface area contributed by atoms with Crippen LogP contribution >= 0.6 is 0 Å². The second kappa shape index (κ2) is 7.43. The van der Waals surface area contributed by atoms with Gasteiger partial charge in [0.25, 0.3) is 0 Å². The van der Waals surface area contributed by atoms with E-state index in [1.54, 1.807) is 7.11 Å². The van der Waals surface area contributed by atoms with Crippen molar-refractivity contribution in [2.75, 3.05) is 7.11 Å². The maximum Gasteiger partial charge on any atom is 0.122 e. The molecule has 3 N–H and O–H groups in total. The molecule has 0 saturated heterocycles. The van der Waals surface area contributed by atoms with E-state index in [4.69, 9.17) is 10.5 Å². The van der Waals surface area contributed by atoms with E-state index in [9.17, 15) is 5.11 Å². The number of hydrogen-bond donors (Lipinski definition) is 2. The van der Waals surface area contributed by atoms with Crippen molar-refractivity contribution in [3.8, 4) is 5.75 Å². The number of aliphatic hydroxyl groups is 1. The van der Waals surface area contributed by atoms with Crippen LogP contribution in [0.3, 0.4) is 0 Å². The molecule has 0 bridgehead atoms. The lowest BCUT2D eigenvalue weighted by atomic mass is 9.87. The molecule has 1 unspecified atom stereocenters. The molecule has 3 nitrogen and oxygen atoms in total. The first-order valence-corrected chi connectivity index (χ1v) is 7.65. The Balaban J connectivity index is 2.12. The normalized spacial score (nSPS) is 15.1. The summed E-state index contributed by atoms with van der Waals surface area (Å²) in [4.78, 5) is 0. The van der Waals surface area contributed by atoms with Crippen LogP contribution in [-0.4, -0.2) is 18.3 Å². The van der Waals surface area contributed by atoms with E-state index in [0.717, 1.165) is 28.9 Å². The van der Waals surface area contributed by atoms with E-state index in [1.807, 2.05) is 55.5 Å². The standard InChI is InChI=1S/C19H25NO2/c1-13-8-4-6-10-16(13)19(21)18(20)14(2)12-15-9-5-7-11-17(15)22-3/h4-11,14,18-19,21H,12,20H2,1-3H3/t14?,18-,19-/m1/s1. The van der Waals surface area contributed by atoms with Gasteiger partial charge in [-0.25, -0.2) is 0 Å². The molecule has 0 aliphatic heterocycles. The number of aliphatic hydroxyl groups excluding tert-OH is 1. The molecule has 22 heavy (non-hydrogen) atoms. The highest BCUT2D eigenvalue weighted by Crippen LogP contribution is 2.27. The molecule has 0 amide bonds. The van der Waals surface area contributed by atoms with Gasteiger partial charge in [0.1, 0.15) is 5.75 Å². The summed E-state index contributed by atoms with van der Waals surface area (Å²) >= 11 is 0. The lowest BCUT2D eigenvalue weighted by molar-refractivity contribution is 0.121. The van der Waals surface area contributed by atoms with Gasteiger partial charge in [0, 0.05) is 6.04 Å². The number of ether oxygens (including phenoxy) is 1. The topological polar surface area (TPSA) is 55.5 Å². The maximum atomic E-state index is 10.6. The number of hydrogen-bond acceptors (Lipinski definition) is 3. The number of methoxy groups -OCH3 is 1. The summed E-state index contributed by atoms with van der Waals surface area (Å²) in [6, 6.07) is 15.5. The van der Waals surface area contributed by atoms with Crippen molar-refractivity contribution < 1.29 is 9.84 Å². The molecule has 2 aromatic carbocycles. The van der Waals surface area contributed by atoms with Gasteiger partial charge in [-0.3, -0.25) is 0 Å². The third-order valence-electron chi connectivity index (χ3n) is 4.26. The van der Waals surface area contributed by atoms with Gasteiger partial charge in [0.2, 0.25) is 0 Å². The molecule has 2 aromatic rings. The van der Waals surface area contributed by atoms with E-state index < -0.39 is 6.10 Å². The highest BCUT2D eigenvalue weighted by Gasteiger charge is 2.24. The fraction of sp³-hybridized carbons (Fsp3) is 0.368. The zero-order chi connectivity index (χ0) is 16.1. The van der Waals surface area contributed by atoms with Gasteiger partial charge in [-0.2, -0.15) is 0 Å². The van der Waals surface area contributed by atoms with Crippen LogP contribution in [0, 0.1) is 12.8 Å². The van der Waals surface area contributed by atoms with E-state index >= 15 is 0 Å². The van der Waals surface area contributed by atoms with Gasteiger partial charge in [-0.15, -0.1) is 0 Å². The Morgan fingerprint density at radius 2 is 1.73 bits per heavy atom. The molecule has 0 heterocycles. The molecular weight excluding hydrogens is 274 g/mol. The van der Waals surface area contributed by atoms with Crippen LogP contribution in [0.15, 0.2) is 48.5 Å². The van der Waals surface area contributed by atoms with Crippen LogP contribution in [0.2, 0.25) is 0 Å². The molecule has 3 heteroatoms.